The van der Waals surface area contributed by atoms with Crippen LogP contribution in [-0.4, -0.2) is 10.9 Å². The van der Waals surface area contributed by atoms with Crippen LogP contribution in [0.1, 0.15) is 10.4 Å². The van der Waals surface area contributed by atoms with Crippen LogP contribution in [0.15, 0.2) is 54.6 Å². The molecule has 0 saturated heterocycles. The number of anilines is 1. The van der Waals surface area contributed by atoms with Crippen molar-refractivity contribution >= 4 is 17.3 Å². The second-order valence-electron chi connectivity index (χ2n) is 3.66. The fourth-order valence-corrected chi connectivity index (χ4v) is 1.39. The summed E-state index contributed by atoms with van der Waals surface area (Å²) in [4.78, 5) is 26.4. The van der Waals surface area contributed by atoms with Gasteiger partial charge in [-0.15, -0.1) is 0 Å². The first-order chi connectivity index (χ1) is 9.16. The van der Waals surface area contributed by atoms with E-state index in [0.29, 0.717) is 5.69 Å². The van der Waals surface area contributed by atoms with Crippen molar-refractivity contribution < 1.29 is 14.6 Å². The van der Waals surface area contributed by atoms with Gasteiger partial charge in [0.1, 0.15) is 0 Å². The monoisotopic (exact) mass is 258 g/mol. The first-order valence-electron chi connectivity index (χ1n) is 5.43. The standard InChI is InChI=1S/C13H10N2O4/c16-13(19-14-11-4-2-1-3-5-11)10-6-8-12(9-7-10)15(17)18/h1-9,14H. The Morgan fingerprint density at radius 3 is 2.26 bits per heavy atom. The van der Waals surface area contributed by atoms with Crippen molar-refractivity contribution in [2.45, 2.75) is 0 Å². The Balaban J connectivity index is 1.98. The smallest absolute Gasteiger partial charge is 0.338 e. The number of benzene rings is 2. The molecule has 0 heterocycles. The third-order valence-electron chi connectivity index (χ3n) is 2.35. The minimum atomic E-state index is -0.612. The Hall–Kier alpha value is -2.89. The average Bonchev–Trinajstić information content (AvgIpc) is 2.46. The summed E-state index contributed by atoms with van der Waals surface area (Å²) >= 11 is 0. The highest BCUT2D eigenvalue weighted by Gasteiger charge is 2.10. The molecule has 0 aliphatic rings. The van der Waals surface area contributed by atoms with Crippen LogP contribution in [0.4, 0.5) is 11.4 Å². The van der Waals surface area contributed by atoms with Crippen LogP contribution in [0.5, 0.6) is 0 Å². The van der Waals surface area contributed by atoms with Crippen LogP contribution < -0.4 is 5.48 Å². The molecule has 6 nitrogen and oxygen atoms in total. The molecule has 0 radical (unpaired) electrons. The van der Waals surface area contributed by atoms with Gasteiger partial charge in [-0.05, 0) is 24.3 Å². The molecule has 0 aliphatic heterocycles. The normalized spacial score (nSPS) is 9.68. The third kappa shape index (κ3) is 3.29. The number of carbonyl (C=O) groups is 1. The van der Waals surface area contributed by atoms with Gasteiger partial charge >= 0.3 is 5.97 Å². The highest BCUT2D eigenvalue weighted by Crippen LogP contribution is 2.13. The molecule has 0 fully saturated rings. The average molecular weight is 258 g/mol. The molecule has 0 amide bonds. The Morgan fingerprint density at radius 2 is 1.68 bits per heavy atom. The van der Waals surface area contributed by atoms with Gasteiger partial charge in [0.2, 0.25) is 0 Å². The maximum absolute atomic E-state index is 11.6. The zero-order chi connectivity index (χ0) is 13.7. The molecule has 0 aliphatic carbocycles. The number of nitro benzene ring substituents is 1. The van der Waals surface area contributed by atoms with Gasteiger partial charge in [0.05, 0.1) is 16.2 Å². The Kier molecular flexibility index (Phi) is 3.72. The van der Waals surface area contributed by atoms with Crippen LogP contribution >= 0.6 is 0 Å². The van der Waals surface area contributed by atoms with Gasteiger partial charge in [0, 0.05) is 12.1 Å². The van der Waals surface area contributed by atoms with Crippen molar-refractivity contribution in [3.63, 3.8) is 0 Å². The van der Waals surface area contributed by atoms with Gasteiger partial charge < -0.3 is 4.84 Å². The van der Waals surface area contributed by atoms with E-state index in [0.717, 1.165) is 0 Å². The number of hydrogen-bond donors (Lipinski definition) is 1. The molecule has 96 valence electrons. The second-order valence-corrected chi connectivity index (χ2v) is 3.66. The minimum absolute atomic E-state index is 0.0763. The first-order valence-corrected chi connectivity index (χ1v) is 5.43. The molecule has 0 atom stereocenters. The molecule has 0 unspecified atom stereocenters. The summed E-state index contributed by atoms with van der Waals surface area (Å²) in [5.74, 6) is -0.612. The summed E-state index contributed by atoms with van der Waals surface area (Å²) in [7, 11) is 0. The zero-order valence-electron chi connectivity index (χ0n) is 9.78. The SMILES string of the molecule is O=C(ONc1ccccc1)c1ccc([N+](=O)[O-])cc1. The van der Waals surface area contributed by atoms with Gasteiger partial charge in [-0.1, -0.05) is 18.2 Å². The van der Waals surface area contributed by atoms with Crippen LogP contribution in [0.3, 0.4) is 0 Å². The first kappa shape index (κ1) is 12.6. The van der Waals surface area contributed by atoms with E-state index in [1.807, 2.05) is 6.07 Å². The molecular formula is C13H10N2O4. The molecule has 19 heavy (non-hydrogen) atoms. The van der Waals surface area contributed by atoms with Crippen LogP contribution in [0.2, 0.25) is 0 Å². The number of nitro groups is 1. The van der Waals surface area contributed by atoms with E-state index in [9.17, 15) is 14.9 Å². The predicted molar refractivity (Wildman–Crippen MR) is 68.6 cm³/mol. The van der Waals surface area contributed by atoms with Crippen molar-refractivity contribution in [3.8, 4) is 0 Å². The third-order valence-corrected chi connectivity index (χ3v) is 2.35. The molecule has 2 rings (SSSR count). The van der Waals surface area contributed by atoms with Gasteiger partial charge in [-0.25, -0.2) is 10.3 Å². The highest BCUT2D eigenvalue weighted by molar-refractivity contribution is 5.90. The molecule has 0 spiro atoms. The second kappa shape index (κ2) is 5.63. The Morgan fingerprint density at radius 1 is 1.05 bits per heavy atom. The van der Waals surface area contributed by atoms with E-state index in [2.05, 4.69) is 5.48 Å². The topological polar surface area (TPSA) is 81.5 Å². The molecule has 0 bridgehead atoms. The van der Waals surface area contributed by atoms with E-state index in [1.165, 1.54) is 24.3 Å². The number of para-hydroxylation sites is 1. The summed E-state index contributed by atoms with van der Waals surface area (Å²) in [5, 5.41) is 10.5. The highest BCUT2D eigenvalue weighted by atomic mass is 16.7. The fourth-order valence-electron chi connectivity index (χ4n) is 1.39. The summed E-state index contributed by atoms with van der Waals surface area (Å²) in [6, 6.07) is 14.1. The Labute approximate surface area is 108 Å². The lowest BCUT2D eigenvalue weighted by Crippen LogP contribution is -2.10. The van der Waals surface area contributed by atoms with Crippen molar-refractivity contribution in [1.82, 2.24) is 0 Å². The van der Waals surface area contributed by atoms with E-state index < -0.39 is 10.9 Å². The number of nitrogens with one attached hydrogen (secondary N) is 1. The molecule has 2 aromatic carbocycles. The number of non-ortho nitro benzene ring substituents is 1. The summed E-state index contributed by atoms with van der Waals surface area (Å²) in [5.41, 5.74) is 3.29. The van der Waals surface area contributed by atoms with Crippen molar-refractivity contribution in [1.29, 1.82) is 0 Å². The lowest BCUT2D eigenvalue weighted by atomic mass is 10.2. The zero-order valence-corrected chi connectivity index (χ0v) is 9.78. The molecule has 6 heteroatoms. The quantitative estimate of drug-likeness (QED) is 0.673. The minimum Gasteiger partial charge on any atom is -0.338 e. The van der Waals surface area contributed by atoms with Crippen LogP contribution in [0.25, 0.3) is 0 Å². The Bertz CT molecular complexity index is 581. The van der Waals surface area contributed by atoms with Gasteiger partial charge in [0.25, 0.3) is 5.69 Å². The number of rotatable bonds is 4. The summed E-state index contributed by atoms with van der Waals surface area (Å²) in [6.45, 7) is 0. The summed E-state index contributed by atoms with van der Waals surface area (Å²) in [6.07, 6.45) is 0. The molecule has 2 aromatic rings. The summed E-state index contributed by atoms with van der Waals surface area (Å²) < 4.78 is 0. The number of hydrogen-bond acceptors (Lipinski definition) is 5. The van der Waals surface area contributed by atoms with Crippen molar-refractivity contribution in [2.24, 2.45) is 0 Å². The van der Waals surface area contributed by atoms with E-state index in [1.54, 1.807) is 24.3 Å². The maximum atomic E-state index is 11.6. The van der Waals surface area contributed by atoms with Gasteiger partial charge in [-0.3, -0.25) is 10.1 Å². The van der Waals surface area contributed by atoms with Crippen LogP contribution in [-0.2, 0) is 4.84 Å². The fraction of sp³-hybridized carbons (Fsp3) is 0. The number of carbonyl (C=O) groups excluding carboxylic acids is 1. The maximum Gasteiger partial charge on any atom is 0.362 e. The van der Waals surface area contributed by atoms with Crippen molar-refractivity contribution in [3.05, 3.63) is 70.3 Å². The molecule has 0 aromatic heterocycles. The molecule has 1 N–H and O–H groups in total. The molecular weight excluding hydrogens is 248 g/mol. The largest absolute Gasteiger partial charge is 0.362 e. The lowest BCUT2D eigenvalue weighted by molar-refractivity contribution is -0.384. The number of nitrogens with zero attached hydrogens (tertiary/aromatic N) is 1. The van der Waals surface area contributed by atoms with Crippen molar-refractivity contribution in [2.75, 3.05) is 5.48 Å². The van der Waals surface area contributed by atoms with E-state index in [-0.39, 0.29) is 11.3 Å². The lowest BCUT2D eigenvalue weighted by Gasteiger charge is -2.06. The van der Waals surface area contributed by atoms with Gasteiger partial charge in [-0.2, -0.15) is 0 Å². The van der Waals surface area contributed by atoms with Crippen LogP contribution in [0, 0.1) is 10.1 Å². The van der Waals surface area contributed by atoms with Gasteiger partial charge in [0.15, 0.2) is 0 Å². The van der Waals surface area contributed by atoms with E-state index in [4.69, 9.17) is 4.84 Å². The predicted octanol–water partition coefficient (Wildman–Crippen LogP) is 2.78. The molecule has 0 saturated carbocycles. The van der Waals surface area contributed by atoms with E-state index >= 15 is 0 Å².